The molecule has 0 bridgehead atoms. The molecule has 3 aromatic rings. The smallest absolute Gasteiger partial charge is 0.160 e. The fourth-order valence-electron chi connectivity index (χ4n) is 2.36. The van der Waals surface area contributed by atoms with Crippen molar-refractivity contribution in [2.75, 3.05) is 5.32 Å². The largest absolute Gasteiger partial charge is 0.339 e. The van der Waals surface area contributed by atoms with Crippen molar-refractivity contribution in [1.29, 1.82) is 0 Å². The van der Waals surface area contributed by atoms with Crippen LogP contribution in [0.5, 0.6) is 0 Å². The molecule has 0 aliphatic rings. The number of anilines is 2. The molecule has 96 valence electrons. The maximum Gasteiger partial charge on any atom is 0.160 e. The van der Waals surface area contributed by atoms with E-state index in [4.69, 9.17) is 0 Å². The lowest BCUT2D eigenvalue weighted by molar-refractivity contribution is 1.09. The average molecular weight is 253 g/mol. The Morgan fingerprint density at radius 3 is 2.53 bits per heavy atom. The van der Waals surface area contributed by atoms with Gasteiger partial charge in [0.2, 0.25) is 0 Å². The first-order chi connectivity index (χ1) is 9.15. The quantitative estimate of drug-likeness (QED) is 0.736. The summed E-state index contributed by atoms with van der Waals surface area (Å²) in [4.78, 5) is 8.43. The van der Waals surface area contributed by atoms with Crippen LogP contribution < -0.4 is 5.32 Å². The molecule has 0 saturated carbocycles. The Labute approximate surface area is 111 Å². The summed E-state index contributed by atoms with van der Waals surface area (Å²) in [7, 11) is 0. The zero-order chi connectivity index (χ0) is 13.4. The lowest BCUT2D eigenvalue weighted by atomic mass is 10.1. The molecule has 2 aromatic heterocycles. The third-order valence-corrected chi connectivity index (χ3v) is 3.17. The van der Waals surface area contributed by atoms with Crippen molar-refractivity contribution >= 4 is 22.5 Å². The van der Waals surface area contributed by atoms with Crippen LogP contribution in [0.25, 0.3) is 11.0 Å². The minimum absolute atomic E-state index is 0.736. The Kier molecular flexibility index (Phi) is 2.67. The van der Waals surface area contributed by atoms with E-state index in [9.17, 15) is 0 Å². The lowest BCUT2D eigenvalue weighted by Crippen LogP contribution is -1.99. The summed E-state index contributed by atoms with van der Waals surface area (Å²) in [5.41, 5.74) is 5.49. The summed E-state index contributed by atoms with van der Waals surface area (Å²) < 4.78 is 0. The Bertz CT molecular complexity index is 721. The van der Waals surface area contributed by atoms with Gasteiger partial charge in [-0.05, 0) is 31.9 Å². The first-order valence-electron chi connectivity index (χ1n) is 6.14. The van der Waals surface area contributed by atoms with E-state index in [1.807, 2.05) is 0 Å². The van der Waals surface area contributed by atoms with Crippen molar-refractivity contribution in [3.8, 4) is 0 Å². The third-order valence-electron chi connectivity index (χ3n) is 3.17. The van der Waals surface area contributed by atoms with Crippen LogP contribution in [0.2, 0.25) is 0 Å². The van der Waals surface area contributed by atoms with E-state index < -0.39 is 0 Å². The molecule has 5 nitrogen and oxygen atoms in total. The standard InChI is InChI=1S/C14H15N5/c1-8-4-9(2)12(10(3)5-8)18-13-11-6-17-19-14(11)16-7-15-13/h4-7H,1-3H3,(H2,15,16,17,18,19). The summed E-state index contributed by atoms with van der Waals surface area (Å²) in [6, 6.07) is 4.31. The summed E-state index contributed by atoms with van der Waals surface area (Å²) >= 11 is 0. The normalized spacial score (nSPS) is 10.9. The number of fused-ring (bicyclic) bond motifs is 1. The maximum atomic E-state index is 4.30. The highest BCUT2D eigenvalue weighted by atomic mass is 15.2. The van der Waals surface area contributed by atoms with Crippen molar-refractivity contribution in [2.24, 2.45) is 0 Å². The molecule has 0 unspecified atom stereocenters. The van der Waals surface area contributed by atoms with Crippen LogP contribution in [-0.2, 0) is 0 Å². The second kappa shape index (κ2) is 4.35. The van der Waals surface area contributed by atoms with Gasteiger partial charge < -0.3 is 5.32 Å². The molecule has 0 atom stereocenters. The van der Waals surface area contributed by atoms with E-state index in [1.165, 1.54) is 23.0 Å². The van der Waals surface area contributed by atoms with Crippen molar-refractivity contribution in [3.05, 3.63) is 41.3 Å². The number of nitrogens with one attached hydrogen (secondary N) is 2. The van der Waals surface area contributed by atoms with Crippen molar-refractivity contribution in [2.45, 2.75) is 20.8 Å². The van der Waals surface area contributed by atoms with E-state index in [2.05, 4.69) is 58.4 Å². The van der Waals surface area contributed by atoms with Gasteiger partial charge in [-0.15, -0.1) is 0 Å². The minimum atomic E-state index is 0.736. The SMILES string of the molecule is Cc1cc(C)c(Nc2ncnc3[nH]ncc23)c(C)c1. The van der Waals surface area contributed by atoms with Gasteiger partial charge in [-0.25, -0.2) is 9.97 Å². The second-order valence-electron chi connectivity index (χ2n) is 4.75. The predicted molar refractivity (Wildman–Crippen MR) is 75.6 cm³/mol. The number of hydrogen-bond donors (Lipinski definition) is 2. The molecular weight excluding hydrogens is 238 g/mol. The molecule has 2 heterocycles. The van der Waals surface area contributed by atoms with Gasteiger partial charge in [0, 0.05) is 5.69 Å². The van der Waals surface area contributed by atoms with E-state index in [1.54, 1.807) is 6.20 Å². The first kappa shape index (κ1) is 11.6. The molecule has 5 heteroatoms. The van der Waals surface area contributed by atoms with Gasteiger partial charge in [-0.2, -0.15) is 5.10 Å². The predicted octanol–water partition coefficient (Wildman–Crippen LogP) is 3.02. The Morgan fingerprint density at radius 2 is 1.79 bits per heavy atom. The number of hydrogen-bond acceptors (Lipinski definition) is 4. The number of aryl methyl sites for hydroxylation is 3. The first-order valence-corrected chi connectivity index (χ1v) is 6.14. The van der Waals surface area contributed by atoms with Gasteiger partial charge in [-0.3, -0.25) is 5.10 Å². The fourth-order valence-corrected chi connectivity index (χ4v) is 2.36. The molecule has 2 N–H and O–H groups in total. The Morgan fingerprint density at radius 1 is 1.05 bits per heavy atom. The average Bonchev–Trinajstić information content (AvgIpc) is 2.82. The molecule has 3 rings (SSSR count). The van der Waals surface area contributed by atoms with Crippen LogP contribution >= 0.6 is 0 Å². The molecule has 0 radical (unpaired) electrons. The summed E-state index contributed by atoms with van der Waals surface area (Å²) in [5, 5.41) is 11.1. The van der Waals surface area contributed by atoms with E-state index in [0.717, 1.165) is 22.5 Å². The highest BCUT2D eigenvalue weighted by molar-refractivity contribution is 5.88. The molecular formula is C14H15N5. The minimum Gasteiger partial charge on any atom is -0.339 e. The molecule has 0 aliphatic carbocycles. The molecule has 1 aromatic carbocycles. The number of aromatic nitrogens is 4. The van der Waals surface area contributed by atoms with Crippen LogP contribution in [0.4, 0.5) is 11.5 Å². The van der Waals surface area contributed by atoms with Gasteiger partial charge >= 0.3 is 0 Å². The molecule has 19 heavy (non-hydrogen) atoms. The fraction of sp³-hybridized carbons (Fsp3) is 0.214. The van der Waals surface area contributed by atoms with E-state index >= 15 is 0 Å². The van der Waals surface area contributed by atoms with Crippen molar-refractivity contribution < 1.29 is 0 Å². The van der Waals surface area contributed by atoms with Crippen LogP contribution in [-0.4, -0.2) is 20.2 Å². The number of rotatable bonds is 2. The highest BCUT2D eigenvalue weighted by Crippen LogP contribution is 2.27. The summed E-state index contributed by atoms with van der Waals surface area (Å²) in [5.74, 6) is 0.772. The molecule has 0 fully saturated rings. The third kappa shape index (κ3) is 2.03. The monoisotopic (exact) mass is 253 g/mol. The van der Waals surface area contributed by atoms with Crippen LogP contribution in [0.3, 0.4) is 0 Å². The van der Waals surface area contributed by atoms with Gasteiger partial charge in [-0.1, -0.05) is 17.7 Å². The molecule has 0 spiro atoms. The van der Waals surface area contributed by atoms with Gasteiger partial charge in [0.25, 0.3) is 0 Å². The van der Waals surface area contributed by atoms with Crippen LogP contribution in [0.15, 0.2) is 24.7 Å². The van der Waals surface area contributed by atoms with Crippen molar-refractivity contribution in [1.82, 2.24) is 20.2 Å². The van der Waals surface area contributed by atoms with E-state index in [0.29, 0.717) is 0 Å². The molecule has 0 amide bonds. The summed E-state index contributed by atoms with van der Waals surface area (Å²) in [6.45, 7) is 6.29. The number of nitrogens with zero attached hydrogens (tertiary/aromatic N) is 3. The Balaban J connectivity index is 2.09. The number of aromatic amines is 1. The van der Waals surface area contributed by atoms with Gasteiger partial charge in [0.15, 0.2) is 5.65 Å². The lowest BCUT2D eigenvalue weighted by Gasteiger charge is -2.13. The highest BCUT2D eigenvalue weighted by Gasteiger charge is 2.09. The second-order valence-corrected chi connectivity index (χ2v) is 4.75. The van der Waals surface area contributed by atoms with Crippen molar-refractivity contribution in [3.63, 3.8) is 0 Å². The molecule has 0 aliphatic heterocycles. The maximum absolute atomic E-state index is 4.30. The van der Waals surface area contributed by atoms with Gasteiger partial charge in [0.1, 0.15) is 12.1 Å². The van der Waals surface area contributed by atoms with Crippen LogP contribution in [0, 0.1) is 20.8 Å². The van der Waals surface area contributed by atoms with E-state index in [-0.39, 0.29) is 0 Å². The zero-order valence-electron chi connectivity index (χ0n) is 11.2. The van der Waals surface area contributed by atoms with Crippen LogP contribution in [0.1, 0.15) is 16.7 Å². The topological polar surface area (TPSA) is 66.5 Å². The Hall–Kier alpha value is -2.43. The zero-order valence-corrected chi connectivity index (χ0v) is 11.2. The molecule has 0 saturated heterocycles. The number of benzene rings is 1. The summed E-state index contributed by atoms with van der Waals surface area (Å²) in [6.07, 6.45) is 3.26. The number of H-pyrrole nitrogens is 1. The van der Waals surface area contributed by atoms with Gasteiger partial charge in [0.05, 0.1) is 11.6 Å².